The second kappa shape index (κ2) is 7.50. The summed E-state index contributed by atoms with van der Waals surface area (Å²) in [6.07, 6.45) is 3.34. The van der Waals surface area contributed by atoms with Crippen molar-refractivity contribution in [3.05, 3.63) is 47.8 Å². The van der Waals surface area contributed by atoms with Gasteiger partial charge >= 0.3 is 0 Å². The summed E-state index contributed by atoms with van der Waals surface area (Å²) < 4.78 is 5.22. The first-order valence-corrected chi connectivity index (χ1v) is 5.92. The van der Waals surface area contributed by atoms with E-state index in [1.165, 1.54) is 0 Å². The van der Waals surface area contributed by atoms with Crippen molar-refractivity contribution in [1.82, 2.24) is 4.90 Å². The highest BCUT2D eigenvalue weighted by molar-refractivity contribution is 5.58. The Bertz CT molecular complexity index is 587. The van der Waals surface area contributed by atoms with Crippen LogP contribution in [0.5, 0.6) is 5.75 Å². The van der Waals surface area contributed by atoms with Gasteiger partial charge in [0.25, 0.3) is 0 Å². The molecule has 0 unspecified atom stereocenters. The van der Waals surface area contributed by atoms with E-state index in [0.717, 1.165) is 5.69 Å². The first kappa shape index (κ1) is 15.1. The van der Waals surface area contributed by atoms with Crippen LogP contribution in [-0.4, -0.2) is 26.1 Å². The fourth-order valence-corrected chi connectivity index (χ4v) is 1.57. The molecule has 1 aromatic rings. The van der Waals surface area contributed by atoms with Gasteiger partial charge in [-0.3, -0.25) is 0 Å². The third-order valence-corrected chi connectivity index (χ3v) is 2.55. The molecule has 0 bridgehead atoms. The molecule has 0 saturated heterocycles. The fourth-order valence-electron chi connectivity index (χ4n) is 1.57. The molecule has 0 spiro atoms. The van der Waals surface area contributed by atoms with E-state index >= 15 is 0 Å². The molecule has 1 aromatic carbocycles. The Kier molecular flexibility index (Phi) is 5.68. The Balaban J connectivity index is 2.95. The molecule has 0 aliphatic heterocycles. The van der Waals surface area contributed by atoms with E-state index in [4.69, 9.17) is 15.3 Å². The van der Waals surface area contributed by atoms with Gasteiger partial charge in [-0.15, -0.1) is 0 Å². The fraction of sp³-hybridized carbons (Fsp3) is 0.200. The Morgan fingerprint density at radius 1 is 1.25 bits per heavy atom. The lowest BCUT2D eigenvalue weighted by atomic mass is 10.2. The second-order valence-corrected chi connectivity index (χ2v) is 4.06. The first-order valence-electron chi connectivity index (χ1n) is 5.92. The highest BCUT2D eigenvalue weighted by Gasteiger charge is 2.05. The normalized spacial score (nSPS) is 9.45. The van der Waals surface area contributed by atoms with Crippen LogP contribution in [0, 0.1) is 22.7 Å². The summed E-state index contributed by atoms with van der Waals surface area (Å²) in [4.78, 5) is 1.71. The van der Waals surface area contributed by atoms with Crippen LogP contribution in [0.3, 0.4) is 0 Å². The van der Waals surface area contributed by atoms with Crippen LogP contribution < -0.4 is 10.1 Å². The molecule has 1 rings (SSSR count). The second-order valence-electron chi connectivity index (χ2n) is 4.06. The van der Waals surface area contributed by atoms with E-state index in [1.54, 1.807) is 38.4 Å². The Hall–Kier alpha value is -2.92. The number of para-hydroxylation sites is 2. The van der Waals surface area contributed by atoms with Crippen molar-refractivity contribution in [1.29, 1.82) is 10.5 Å². The van der Waals surface area contributed by atoms with Crippen LogP contribution in [0.4, 0.5) is 5.69 Å². The third-order valence-electron chi connectivity index (χ3n) is 2.55. The highest BCUT2D eigenvalue weighted by Crippen LogP contribution is 2.23. The predicted molar refractivity (Wildman–Crippen MR) is 77.7 cm³/mol. The number of methoxy groups -OCH3 is 1. The van der Waals surface area contributed by atoms with Crippen LogP contribution in [-0.2, 0) is 0 Å². The van der Waals surface area contributed by atoms with Gasteiger partial charge in [0.15, 0.2) is 5.57 Å². The highest BCUT2D eigenvalue weighted by atomic mass is 16.5. The number of anilines is 1. The zero-order valence-corrected chi connectivity index (χ0v) is 11.7. The van der Waals surface area contributed by atoms with E-state index < -0.39 is 0 Å². The van der Waals surface area contributed by atoms with E-state index in [9.17, 15) is 0 Å². The van der Waals surface area contributed by atoms with Crippen molar-refractivity contribution in [2.75, 3.05) is 26.5 Å². The lowest BCUT2D eigenvalue weighted by molar-refractivity contribution is 0.417. The summed E-state index contributed by atoms with van der Waals surface area (Å²) >= 11 is 0. The van der Waals surface area contributed by atoms with Crippen LogP contribution in [0.2, 0.25) is 0 Å². The minimum absolute atomic E-state index is 0.0630. The first-order chi connectivity index (χ1) is 9.63. The van der Waals surface area contributed by atoms with Crippen LogP contribution >= 0.6 is 0 Å². The van der Waals surface area contributed by atoms with Gasteiger partial charge in [-0.05, 0) is 18.2 Å². The molecule has 0 aliphatic carbocycles. The van der Waals surface area contributed by atoms with Gasteiger partial charge in [-0.2, -0.15) is 10.5 Å². The molecular weight excluding hydrogens is 252 g/mol. The number of nitrogens with one attached hydrogen (secondary N) is 1. The Morgan fingerprint density at radius 3 is 2.45 bits per heavy atom. The van der Waals surface area contributed by atoms with E-state index in [-0.39, 0.29) is 5.57 Å². The van der Waals surface area contributed by atoms with Gasteiger partial charge < -0.3 is 15.0 Å². The minimum atomic E-state index is 0.0630. The Morgan fingerprint density at radius 2 is 1.90 bits per heavy atom. The zero-order valence-electron chi connectivity index (χ0n) is 11.7. The molecule has 0 amide bonds. The number of likely N-dealkylation sites (N-methyl/N-ethyl adjacent to an activating group) is 1. The van der Waals surface area contributed by atoms with Gasteiger partial charge in [0.1, 0.15) is 17.9 Å². The topological polar surface area (TPSA) is 72.1 Å². The van der Waals surface area contributed by atoms with Gasteiger partial charge in [-0.1, -0.05) is 12.1 Å². The molecule has 0 aliphatic rings. The van der Waals surface area contributed by atoms with E-state index in [2.05, 4.69) is 5.32 Å². The number of nitriles is 2. The van der Waals surface area contributed by atoms with E-state index in [1.807, 2.05) is 36.4 Å². The molecule has 0 saturated carbocycles. The summed E-state index contributed by atoms with van der Waals surface area (Å²) in [5.74, 6) is 0.716. The lowest BCUT2D eigenvalue weighted by Gasteiger charge is -2.13. The molecule has 0 aromatic heterocycles. The molecule has 5 heteroatoms. The number of allylic oxidation sites excluding steroid dienone is 2. The lowest BCUT2D eigenvalue weighted by Crippen LogP contribution is -2.11. The number of benzene rings is 1. The summed E-state index contributed by atoms with van der Waals surface area (Å²) in [6, 6.07) is 11.2. The van der Waals surface area contributed by atoms with Crippen molar-refractivity contribution < 1.29 is 4.74 Å². The molecule has 0 heterocycles. The molecule has 1 N–H and O–H groups in total. The maximum atomic E-state index is 8.91. The van der Waals surface area contributed by atoms with Crippen molar-refractivity contribution in [2.45, 2.75) is 0 Å². The van der Waals surface area contributed by atoms with Crippen LogP contribution in [0.25, 0.3) is 0 Å². The SMILES string of the molecule is COc1ccccc1NC=CC(=C(C#N)C#N)N(C)C. The number of nitrogens with zero attached hydrogens (tertiary/aromatic N) is 3. The van der Waals surface area contributed by atoms with Gasteiger partial charge in [0.2, 0.25) is 0 Å². The maximum absolute atomic E-state index is 8.91. The predicted octanol–water partition coefficient (Wildman–Crippen LogP) is 2.48. The van der Waals surface area contributed by atoms with Gasteiger partial charge in [0.05, 0.1) is 18.5 Å². The quantitative estimate of drug-likeness (QED) is 0.656. The number of ether oxygens (including phenoxy) is 1. The van der Waals surface area contributed by atoms with Gasteiger partial charge in [0, 0.05) is 20.3 Å². The summed E-state index contributed by atoms with van der Waals surface area (Å²) in [5.41, 5.74) is 1.41. The number of hydrogen-bond donors (Lipinski definition) is 1. The number of rotatable bonds is 5. The molecule has 0 atom stereocenters. The summed E-state index contributed by atoms with van der Waals surface area (Å²) in [7, 11) is 5.15. The third kappa shape index (κ3) is 3.79. The zero-order chi connectivity index (χ0) is 15.0. The minimum Gasteiger partial charge on any atom is -0.495 e. The van der Waals surface area contributed by atoms with E-state index in [0.29, 0.717) is 11.4 Å². The van der Waals surface area contributed by atoms with Crippen molar-refractivity contribution in [2.24, 2.45) is 0 Å². The van der Waals surface area contributed by atoms with Crippen molar-refractivity contribution in [3.63, 3.8) is 0 Å². The molecule has 0 radical (unpaired) electrons. The largest absolute Gasteiger partial charge is 0.495 e. The molecule has 102 valence electrons. The van der Waals surface area contributed by atoms with Gasteiger partial charge in [-0.25, -0.2) is 0 Å². The van der Waals surface area contributed by atoms with Crippen molar-refractivity contribution in [3.8, 4) is 17.9 Å². The summed E-state index contributed by atoms with van der Waals surface area (Å²) in [5, 5.41) is 20.9. The summed E-state index contributed by atoms with van der Waals surface area (Å²) in [6.45, 7) is 0. The molecule has 5 nitrogen and oxygen atoms in total. The standard InChI is InChI=1S/C15H16N4O/c1-19(2)14(12(10-16)11-17)8-9-18-13-6-4-5-7-15(13)20-3/h4-9,18H,1-3H3. The van der Waals surface area contributed by atoms with Crippen molar-refractivity contribution >= 4 is 5.69 Å². The van der Waals surface area contributed by atoms with Crippen LogP contribution in [0.15, 0.2) is 47.8 Å². The maximum Gasteiger partial charge on any atom is 0.152 e. The average Bonchev–Trinajstić information content (AvgIpc) is 2.46. The Labute approximate surface area is 119 Å². The molecule has 20 heavy (non-hydrogen) atoms. The monoisotopic (exact) mass is 268 g/mol. The van der Waals surface area contributed by atoms with Crippen LogP contribution in [0.1, 0.15) is 0 Å². The molecular formula is C15H16N4O. The molecule has 0 fully saturated rings. The smallest absolute Gasteiger partial charge is 0.152 e. The average molecular weight is 268 g/mol. The number of hydrogen-bond acceptors (Lipinski definition) is 5.